The number of nitrogens with one attached hydrogen (secondary N) is 1. The second-order valence-corrected chi connectivity index (χ2v) is 8.82. The zero-order valence-corrected chi connectivity index (χ0v) is 20.2. The number of fused-ring (bicyclic) bond motifs is 1. The van der Waals surface area contributed by atoms with Gasteiger partial charge in [0.2, 0.25) is 11.9 Å². The highest BCUT2D eigenvalue weighted by Crippen LogP contribution is 2.28. The van der Waals surface area contributed by atoms with Crippen LogP contribution in [0.15, 0.2) is 30.5 Å². The molecule has 3 aromatic rings. The molecule has 1 atom stereocenters. The molecule has 9 nitrogen and oxygen atoms in total. The van der Waals surface area contributed by atoms with Crippen LogP contribution in [0.25, 0.3) is 11.0 Å². The summed E-state index contributed by atoms with van der Waals surface area (Å²) < 4.78 is 2.04. The molecule has 1 aliphatic rings. The number of aromatic nitrogens is 4. The Labute approximate surface area is 200 Å². The first-order valence-electron chi connectivity index (χ1n) is 11.9. The summed E-state index contributed by atoms with van der Waals surface area (Å²) in [5.74, 6) is 0.100. The van der Waals surface area contributed by atoms with Crippen LogP contribution in [0.4, 0.5) is 5.95 Å². The Kier molecular flexibility index (Phi) is 7.50. The Hall–Kier alpha value is -3.35. The number of para-hydroxylation sites is 2. The lowest BCUT2D eigenvalue weighted by Gasteiger charge is -2.32. The third-order valence-corrected chi connectivity index (χ3v) is 6.40. The molecule has 1 fully saturated rings. The summed E-state index contributed by atoms with van der Waals surface area (Å²) in [5, 5.41) is 12.9. The summed E-state index contributed by atoms with van der Waals surface area (Å²) in [6, 6.07) is 10.2. The number of nitriles is 1. The molecule has 0 saturated carbocycles. The SMILES string of the molecule is CCn1c(C(C#N)c2nc(NC(=O)CCCN3CCN(C)CC3)ncc2C)nc2ccccc21. The van der Waals surface area contributed by atoms with Gasteiger partial charge in [0.05, 0.1) is 22.8 Å². The first-order chi connectivity index (χ1) is 16.5. The summed E-state index contributed by atoms with van der Waals surface area (Å²) in [5.41, 5.74) is 3.19. The predicted molar refractivity (Wildman–Crippen MR) is 131 cm³/mol. The second-order valence-electron chi connectivity index (χ2n) is 8.82. The maximum atomic E-state index is 12.5. The van der Waals surface area contributed by atoms with E-state index in [-0.39, 0.29) is 11.9 Å². The molecule has 1 N–H and O–H groups in total. The van der Waals surface area contributed by atoms with Crippen LogP contribution < -0.4 is 5.32 Å². The largest absolute Gasteiger partial charge is 0.327 e. The van der Waals surface area contributed by atoms with Crippen molar-refractivity contribution in [2.75, 3.05) is 45.1 Å². The van der Waals surface area contributed by atoms with Gasteiger partial charge in [0, 0.05) is 45.3 Å². The van der Waals surface area contributed by atoms with Crippen molar-refractivity contribution < 1.29 is 4.79 Å². The fourth-order valence-electron chi connectivity index (χ4n) is 4.42. The summed E-state index contributed by atoms with van der Waals surface area (Å²) in [7, 11) is 2.13. The first-order valence-corrected chi connectivity index (χ1v) is 11.9. The summed E-state index contributed by atoms with van der Waals surface area (Å²) in [4.78, 5) is 30.8. The van der Waals surface area contributed by atoms with Crippen molar-refractivity contribution >= 4 is 22.9 Å². The lowest BCUT2D eigenvalue weighted by atomic mass is 10.0. The molecule has 0 aliphatic carbocycles. The van der Waals surface area contributed by atoms with E-state index in [1.807, 2.05) is 42.7 Å². The number of benzene rings is 1. The standard InChI is InChI=1S/C25H32N8O/c1-4-33-21-9-6-5-8-20(21)28-24(33)19(16-26)23-18(2)17-27-25(30-23)29-22(34)10-7-11-32-14-12-31(3)13-15-32/h5-6,8-9,17,19H,4,7,10-15H2,1-3H3,(H,27,29,30,34). The van der Waals surface area contributed by atoms with Crippen molar-refractivity contribution in [1.29, 1.82) is 5.26 Å². The number of rotatable bonds is 8. The van der Waals surface area contributed by atoms with Gasteiger partial charge in [-0.15, -0.1) is 0 Å². The van der Waals surface area contributed by atoms with E-state index < -0.39 is 5.92 Å². The smallest absolute Gasteiger partial charge is 0.229 e. The van der Waals surface area contributed by atoms with Crippen LogP contribution in [0, 0.1) is 18.3 Å². The highest BCUT2D eigenvalue weighted by Gasteiger charge is 2.25. The zero-order chi connectivity index (χ0) is 24.1. The van der Waals surface area contributed by atoms with E-state index in [0.29, 0.717) is 24.5 Å². The molecule has 0 bridgehead atoms. The number of piperazine rings is 1. The number of nitrogens with zero attached hydrogens (tertiary/aromatic N) is 7. The molecule has 1 amide bonds. The van der Waals surface area contributed by atoms with Crippen LogP contribution >= 0.6 is 0 Å². The third kappa shape index (κ3) is 5.24. The number of anilines is 1. The molecule has 0 radical (unpaired) electrons. The Morgan fingerprint density at radius 2 is 1.97 bits per heavy atom. The van der Waals surface area contributed by atoms with Gasteiger partial charge in [0.1, 0.15) is 11.7 Å². The average molecular weight is 461 g/mol. The third-order valence-electron chi connectivity index (χ3n) is 6.40. The van der Waals surface area contributed by atoms with Gasteiger partial charge in [-0.25, -0.2) is 15.0 Å². The van der Waals surface area contributed by atoms with E-state index in [4.69, 9.17) is 4.98 Å². The van der Waals surface area contributed by atoms with E-state index in [2.05, 4.69) is 38.2 Å². The van der Waals surface area contributed by atoms with Gasteiger partial charge in [-0.05, 0) is 51.6 Å². The van der Waals surface area contributed by atoms with Gasteiger partial charge in [0.15, 0.2) is 0 Å². The Balaban J connectivity index is 1.46. The van der Waals surface area contributed by atoms with Crippen LogP contribution in [0.1, 0.15) is 42.8 Å². The van der Waals surface area contributed by atoms with Crippen molar-refractivity contribution in [1.82, 2.24) is 29.3 Å². The Bertz CT molecular complexity index is 1190. The summed E-state index contributed by atoms with van der Waals surface area (Å²) in [6.45, 7) is 9.73. The van der Waals surface area contributed by atoms with E-state index in [1.165, 1.54) is 0 Å². The van der Waals surface area contributed by atoms with Gasteiger partial charge in [0.25, 0.3) is 0 Å². The van der Waals surface area contributed by atoms with E-state index in [1.54, 1.807) is 6.20 Å². The molecule has 1 aliphatic heterocycles. The molecule has 34 heavy (non-hydrogen) atoms. The van der Waals surface area contributed by atoms with Crippen molar-refractivity contribution in [2.45, 2.75) is 39.2 Å². The number of hydrogen-bond donors (Lipinski definition) is 1. The van der Waals surface area contributed by atoms with Gasteiger partial charge in [-0.1, -0.05) is 12.1 Å². The second kappa shape index (κ2) is 10.7. The maximum Gasteiger partial charge on any atom is 0.229 e. The molecule has 1 saturated heterocycles. The van der Waals surface area contributed by atoms with E-state index in [9.17, 15) is 10.1 Å². The molecule has 178 valence electrons. The van der Waals surface area contributed by atoms with Gasteiger partial charge in [-0.2, -0.15) is 5.26 Å². The highest BCUT2D eigenvalue weighted by molar-refractivity contribution is 5.88. The van der Waals surface area contributed by atoms with Crippen LogP contribution in [-0.4, -0.2) is 75.0 Å². The van der Waals surface area contributed by atoms with Crippen LogP contribution in [0.2, 0.25) is 0 Å². The number of amides is 1. The van der Waals surface area contributed by atoms with Crippen LogP contribution in [0.5, 0.6) is 0 Å². The van der Waals surface area contributed by atoms with Crippen LogP contribution in [0.3, 0.4) is 0 Å². The van der Waals surface area contributed by atoms with Gasteiger partial charge < -0.3 is 14.4 Å². The molecular formula is C25H32N8O. The average Bonchev–Trinajstić information content (AvgIpc) is 3.21. The first kappa shape index (κ1) is 23.8. The summed E-state index contributed by atoms with van der Waals surface area (Å²) in [6.07, 6.45) is 2.85. The van der Waals surface area contributed by atoms with Crippen molar-refractivity contribution in [3.05, 3.63) is 47.5 Å². The fraction of sp³-hybridized carbons (Fsp3) is 0.480. The topological polar surface area (TPSA) is 103 Å². The van der Waals surface area contributed by atoms with Gasteiger partial charge >= 0.3 is 0 Å². The molecular weight excluding hydrogens is 428 g/mol. The quantitative estimate of drug-likeness (QED) is 0.551. The summed E-state index contributed by atoms with van der Waals surface area (Å²) >= 11 is 0. The van der Waals surface area contributed by atoms with Crippen molar-refractivity contribution in [3.63, 3.8) is 0 Å². The molecule has 1 aromatic carbocycles. The number of hydrogen-bond acceptors (Lipinski definition) is 7. The zero-order valence-electron chi connectivity index (χ0n) is 20.2. The monoisotopic (exact) mass is 460 g/mol. The minimum absolute atomic E-state index is 0.113. The number of imidazole rings is 1. The Morgan fingerprint density at radius 3 is 2.71 bits per heavy atom. The highest BCUT2D eigenvalue weighted by atomic mass is 16.1. The van der Waals surface area contributed by atoms with Crippen LogP contribution in [-0.2, 0) is 11.3 Å². The molecule has 3 heterocycles. The molecule has 2 aromatic heterocycles. The van der Waals surface area contributed by atoms with Crippen molar-refractivity contribution in [2.24, 2.45) is 0 Å². The number of carbonyl (C=O) groups excluding carboxylic acids is 1. The maximum absolute atomic E-state index is 12.5. The Morgan fingerprint density at radius 1 is 1.21 bits per heavy atom. The lowest BCUT2D eigenvalue weighted by molar-refractivity contribution is -0.116. The van der Waals surface area contributed by atoms with Crippen molar-refractivity contribution in [3.8, 4) is 6.07 Å². The normalized spacial score (nSPS) is 15.8. The number of aryl methyl sites for hydroxylation is 2. The number of likely N-dealkylation sites (N-methyl/N-ethyl adjacent to an activating group) is 1. The lowest BCUT2D eigenvalue weighted by Crippen LogP contribution is -2.44. The number of carbonyl (C=O) groups is 1. The minimum atomic E-state index is -0.664. The predicted octanol–water partition coefficient (Wildman–Crippen LogP) is 2.78. The van der Waals surface area contributed by atoms with E-state index in [0.717, 1.165) is 55.7 Å². The van der Waals surface area contributed by atoms with Gasteiger partial charge in [-0.3, -0.25) is 10.1 Å². The molecule has 4 rings (SSSR count). The van der Waals surface area contributed by atoms with E-state index >= 15 is 0 Å². The molecule has 9 heteroatoms. The fourth-order valence-corrected chi connectivity index (χ4v) is 4.42. The molecule has 1 unspecified atom stereocenters. The minimum Gasteiger partial charge on any atom is -0.327 e. The molecule has 0 spiro atoms.